The number of carboxylic acid groups (broad SMARTS) is 1. The zero-order chi connectivity index (χ0) is 17.3. The maximum Gasteiger partial charge on any atom is 0.339 e. The molecule has 4 N–H and O–H groups in total. The van der Waals surface area contributed by atoms with E-state index in [1.54, 1.807) is 24.3 Å². The van der Waals surface area contributed by atoms with E-state index in [0.29, 0.717) is 16.5 Å². The highest BCUT2D eigenvalue weighted by Crippen LogP contribution is 2.30. The van der Waals surface area contributed by atoms with E-state index in [4.69, 9.17) is 5.11 Å². The number of carboxylic acids is 1. The molecule has 24 heavy (non-hydrogen) atoms. The summed E-state index contributed by atoms with van der Waals surface area (Å²) in [5, 5.41) is 32.4. The lowest BCUT2D eigenvalue weighted by atomic mass is 10.0. The van der Waals surface area contributed by atoms with Crippen molar-refractivity contribution in [3.63, 3.8) is 0 Å². The van der Waals surface area contributed by atoms with Crippen molar-refractivity contribution in [3.05, 3.63) is 65.7 Å². The third kappa shape index (κ3) is 2.85. The predicted molar refractivity (Wildman–Crippen MR) is 88.6 cm³/mol. The van der Waals surface area contributed by atoms with E-state index < -0.39 is 17.6 Å². The van der Waals surface area contributed by atoms with Crippen LogP contribution in [0.25, 0.3) is 10.8 Å². The molecule has 0 saturated heterocycles. The zero-order valence-corrected chi connectivity index (χ0v) is 12.4. The number of hydrogen-bond acceptors (Lipinski definition) is 4. The van der Waals surface area contributed by atoms with Crippen LogP contribution in [0.5, 0.6) is 11.5 Å². The molecule has 6 nitrogen and oxygen atoms in total. The molecular weight excluding hydrogens is 310 g/mol. The molecule has 3 aromatic rings. The number of phenolic OH excluding ortho intramolecular Hbond substituents is 1. The Labute approximate surface area is 136 Å². The van der Waals surface area contributed by atoms with Gasteiger partial charge < -0.3 is 20.6 Å². The van der Waals surface area contributed by atoms with Gasteiger partial charge in [0.15, 0.2) is 0 Å². The quantitative estimate of drug-likeness (QED) is 0.592. The molecule has 3 aromatic carbocycles. The Morgan fingerprint density at radius 1 is 0.792 bits per heavy atom. The lowest BCUT2D eigenvalue weighted by molar-refractivity contribution is 0.0693. The summed E-state index contributed by atoms with van der Waals surface area (Å²) in [6.45, 7) is 0. The molecule has 0 aliphatic heterocycles. The molecule has 0 atom stereocenters. The van der Waals surface area contributed by atoms with Crippen LogP contribution in [0.3, 0.4) is 0 Å². The topological polar surface area (TPSA) is 107 Å². The van der Waals surface area contributed by atoms with Gasteiger partial charge in [-0.1, -0.05) is 18.2 Å². The molecule has 0 saturated carbocycles. The summed E-state index contributed by atoms with van der Waals surface area (Å²) in [7, 11) is 0. The average Bonchev–Trinajstić information content (AvgIpc) is 2.54. The number of benzene rings is 3. The summed E-state index contributed by atoms with van der Waals surface area (Å²) in [6.07, 6.45) is 0. The van der Waals surface area contributed by atoms with Gasteiger partial charge >= 0.3 is 5.97 Å². The normalized spacial score (nSPS) is 10.5. The van der Waals surface area contributed by atoms with Crippen molar-refractivity contribution in [1.82, 2.24) is 0 Å². The second kappa shape index (κ2) is 5.92. The molecule has 0 aromatic heterocycles. The van der Waals surface area contributed by atoms with Crippen LogP contribution in [0.4, 0.5) is 5.69 Å². The van der Waals surface area contributed by atoms with Crippen molar-refractivity contribution < 1.29 is 24.9 Å². The Hall–Kier alpha value is -3.54. The summed E-state index contributed by atoms with van der Waals surface area (Å²) >= 11 is 0. The second-order valence-electron chi connectivity index (χ2n) is 5.21. The minimum Gasteiger partial charge on any atom is -0.507 e. The van der Waals surface area contributed by atoms with E-state index in [0.717, 1.165) is 0 Å². The fraction of sp³-hybridized carbons (Fsp3) is 0. The smallest absolute Gasteiger partial charge is 0.339 e. The third-order valence-corrected chi connectivity index (χ3v) is 3.58. The Balaban J connectivity index is 2.03. The van der Waals surface area contributed by atoms with E-state index in [2.05, 4.69) is 5.32 Å². The van der Waals surface area contributed by atoms with Crippen LogP contribution < -0.4 is 5.32 Å². The molecule has 0 heterocycles. The molecule has 0 aliphatic rings. The largest absolute Gasteiger partial charge is 0.507 e. The molecule has 6 heteroatoms. The minimum atomic E-state index is -1.28. The molecule has 0 bridgehead atoms. The van der Waals surface area contributed by atoms with Crippen molar-refractivity contribution in [2.75, 3.05) is 5.32 Å². The molecule has 120 valence electrons. The Kier molecular flexibility index (Phi) is 3.79. The van der Waals surface area contributed by atoms with Gasteiger partial charge in [-0.05, 0) is 47.2 Å². The number of carbonyl (C=O) groups excluding carboxylic acids is 1. The number of fused-ring (bicyclic) bond motifs is 1. The van der Waals surface area contributed by atoms with Gasteiger partial charge in [0, 0.05) is 5.69 Å². The van der Waals surface area contributed by atoms with Crippen LogP contribution in [-0.4, -0.2) is 27.2 Å². The first-order chi connectivity index (χ1) is 11.5. The second-order valence-corrected chi connectivity index (χ2v) is 5.21. The lowest BCUT2D eigenvalue weighted by Gasteiger charge is -2.09. The number of aromatic carboxylic acids is 1. The number of aromatic hydroxyl groups is 2. The maximum absolute atomic E-state index is 12.3. The van der Waals surface area contributed by atoms with E-state index in [1.807, 2.05) is 6.07 Å². The number of carbonyl (C=O) groups is 2. The molecule has 0 unspecified atom stereocenters. The first-order valence-corrected chi connectivity index (χ1v) is 7.05. The van der Waals surface area contributed by atoms with Gasteiger partial charge in [-0.3, -0.25) is 4.79 Å². The fourth-order valence-corrected chi connectivity index (χ4v) is 2.40. The zero-order valence-electron chi connectivity index (χ0n) is 12.4. The predicted octanol–water partition coefficient (Wildman–Crippen LogP) is 3.20. The maximum atomic E-state index is 12.3. The SMILES string of the molecule is O=C(O)c1cc2cc(O)c(C(=O)Nc3ccccc3)cc2cc1O. The van der Waals surface area contributed by atoms with Crippen LogP contribution in [-0.2, 0) is 0 Å². The molecular formula is C18H13NO5. The number of nitrogens with one attached hydrogen (secondary N) is 1. The van der Waals surface area contributed by atoms with E-state index in [-0.39, 0.29) is 16.9 Å². The van der Waals surface area contributed by atoms with Gasteiger partial charge in [0.25, 0.3) is 5.91 Å². The number of phenols is 2. The molecule has 0 radical (unpaired) electrons. The summed E-state index contributed by atoms with van der Waals surface area (Å²) in [6, 6.07) is 13.9. The fourth-order valence-electron chi connectivity index (χ4n) is 2.40. The summed E-state index contributed by atoms with van der Waals surface area (Å²) in [5.41, 5.74) is 0.322. The Bertz CT molecular complexity index is 951. The van der Waals surface area contributed by atoms with Gasteiger partial charge in [0.05, 0.1) is 5.56 Å². The highest BCUT2D eigenvalue weighted by Gasteiger charge is 2.16. The van der Waals surface area contributed by atoms with Gasteiger partial charge in [0.1, 0.15) is 17.1 Å². The van der Waals surface area contributed by atoms with Gasteiger partial charge in [-0.25, -0.2) is 4.79 Å². The molecule has 1 amide bonds. The highest BCUT2D eigenvalue weighted by atomic mass is 16.4. The van der Waals surface area contributed by atoms with E-state index in [1.165, 1.54) is 24.3 Å². The monoisotopic (exact) mass is 323 g/mol. The first kappa shape index (κ1) is 15.4. The van der Waals surface area contributed by atoms with E-state index in [9.17, 15) is 19.8 Å². The van der Waals surface area contributed by atoms with Gasteiger partial charge in [-0.15, -0.1) is 0 Å². The van der Waals surface area contributed by atoms with Crippen molar-refractivity contribution in [2.24, 2.45) is 0 Å². The van der Waals surface area contributed by atoms with Crippen LogP contribution in [0.1, 0.15) is 20.7 Å². The van der Waals surface area contributed by atoms with Crippen LogP contribution in [0.15, 0.2) is 54.6 Å². The number of rotatable bonds is 3. The average molecular weight is 323 g/mol. The van der Waals surface area contributed by atoms with Crippen LogP contribution in [0, 0.1) is 0 Å². The summed E-state index contributed by atoms with van der Waals surface area (Å²) < 4.78 is 0. The molecule has 0 spiro atoms. The van der Waals surface area contributed by atoms with Crippen molar-refractivity contribution in [2.45, 2.75) is 0 Å². The summed E-state index contributed by atoms with van der Waals surface area (Å²) in [4.78, 5) is 23.4. The first-order valence-electron chi connectivity index (χ1n) is 7.05. The lowest BCUT2D eigenvalue weighted by Crippen LogP contribution is -2.12. The number of amides is 1. The molecule has 0 fully saturated rings. The van der Waals surface area contributed by atoms with Crippen LogP contribution >= 0.6 is 0 Å². The van der Waals surface area contributed by atoms with Crippen molar-refractivity contribution in [3.8, 4) is 11.5 Å². The highest BCUT2D eigenvalue weighted by molar-refractivity contribution is 6.09. The third-order valence-electron chi connectivity index (χ3n) is 3.58. The van der Waals surface area contributed by atoms with Crippen molar-refractivity contribution >= 4 is 28.3 Å². The van der Waals surface area contributed by atoms with Gasteiger partial charge in [-0.2, -0.15) is 0 Å². The number of anilines is 1. The van der Waals surface area contributed by atoms with Crippen LogP contribution in [0.2, 0.25) is 0 Å². The van der Waals surface area contributed by atoms with Crippen molar-refractivity contribution in [1.29, 1.82) is 0 Å². The van der Waals surface area contributed by atoms with Gasteiger partial charge in [0.2, 0.25) is 0 Å². The Morgan fingerprint density at radius 2 is 1.33 bits per heavy atom. The number of hydrogen-bond donors (Lipinski definition) is 4. The Morgan fingerprint density at radius 3 is 1.92 bits per heavy atom. The molecule has 0 aliphatic carbocycles. The summed E-state index contributed by atoms with van der Waals surface area (Å²) in [5.74, 6) is -2.48. The standard InChI is InChI=1S/C18H13NO5/c20-15-8-11-7-14(18(23)24)16(21)9-10(11)6-13(15)17(22)19-12-4-2-1-3-5-12/h1-9,20-21H,(H,19,22)(H,23,24). The van der Waals surface area contributed by atoms with E-state index >= 15 is 0 Å². The minimum absolute atomic E-state index is 0.0221. The molecule has 3 rings (SSSR count). The number of para-hydroxylation sites is 1.